The third-order valence-electron chi connectivity index (χ3n) is 1.93. The zero-order valence-corrected chi connectivity index (χ0v) is 8.82. The number of carbonyl (C=O) groups is 1. The topological polar surface area (TPSA) is 52.1 Å². The number of hydrogen-bond donors (Lipinski definition) is 0. The van der Waals surface area contributed by atoms with Gasteiger partial charge >= 0.3 is 5.97 Å². The average molecular weight is 220 g/mol. The van der Waals surface area contributed by atoms with Gasteiger partial charge in [-0.1, -0.05) is 12.1 Å². The Balaban J connectivity index is 2.29. The molecule has 0 saturated heterocycles. The molecule has 0 N–H and O–H groups in total. The fourth-order valence-electron chi connectivity index (χ4n) is 1.17. The summed E-state index contributed by atoms with van der Waals surface area (Å²) in [5.41, 5.74) is 3.09. The fraction of sp³-hybridized carbons (Fsp3) is 0.100. The lowest BCUT2D eigenvalue weighted by Crippen LogP contribution is -2.00. The highest BCUT2D eigenvalue weighted by atomic mass is 32.1. The molecule has 2 aromatic rings. The largest absolute Gasteiger partial charge is 0.465 e. The number of aromatic nitrogens is 2. The van der Waals surface area contributed by atoms with Crippen LogP contribution in [0.5, 0.6) is 0 Å². The highest BCUT2D eigenvalue weighted by Gasteiger charge is 2.06. The Labute approximate surface area is 90.7 Å². The van der Waals surface area contributed by atoms with Gasteiger partial charge < -0.3 is 4.74 Å². The molecule has 4 nitrogen and oxygen atoms in total. The lowest BCUT2D eigenvalue weighted by molar-refractivity contribution is 0.0601. The highest BCUT2D eigenvalue weighted by molar-refractivity contribution is 7.03. The molecule has 2 rings (SSSR count). The minimum absolute atomic E-state index is 0.340. The Morgan fingerprint density at radius 1 is 1.33 bits per heavy atom. The van der Waals surface area contributed by atoms with Gasteiger partial charge in [0.2, 0.25) is 0 Å². The second-order valence-electron chi connectivity index (χ2n) is 2.82. The first kappa shape index (κ1) is 9.79. The second kappa shape index (κ2) is 4.18. The summed E-state index contributed by atoms with van der Waals surface area (Å²) in [4.78, 5) is 15.2. The zero-order chi connectivity index (χ0) is 10.7. The molecule has 0 unspecified atom stereocenters. The van der Waals surface area contributed by atoms with Crippen molar-refractivity contribution in [3.8, 4) is 11.4 Å². The summed E-state index contributed by atoms with van der Waals surface area (Å²) in [7, 11) is 1.36. The number of esters is 1. The Kier molecular flexibility index (Phi) is 2.73. The Morgan fingerprint density at radius 3 is 2.60 bits per heavy atom. The molecule has 1 heterocycles. The van der Waals surface area contributed by atoms with Crippen molar-refractivity contribution < 1.29 is 9.53 Å². The van der Waals surface area contributed by atoms with E-state index in [1.807, 2.05) is 0 Å². The standard InChI is InChI=1S/C10H8N2O2S/c1-14-10(13)8-4-2-7(3-5-8)9-11-6-15-12-9/h2-6H,1H3. The van der Waals surface area contributed by atoms with Crippen molar-refractivity contribution in [2.24, 2.45) is 0 Å². The molecule has 76 valence electrons. The summed E-state index contributed by atoms with van der Waals surface area (Å²) in [6, 6.07) is 6.99. The van der Waals surface area contributed by atoms with Crippen LogP contribution >= 0.6 is 11.5 Å². The van der Waals surface area contributed by atoms with E-state index in [4.69, 9.17) is 0 Å². The van der Waals surface area contributed by atoms with E-state index >= 15 is 0 Å². The fourth-order valence-corrected chi connectivity index (χ4v) is 1.62. The van der Waals surface area contributed by atoms with Gasteiger partial charge in [0.25, 0.3) is 0 Å². The summed E-state index contributed by atoms with van der Waals surface area (Å²) in [5.74, 6) is 0.337. The minimum atomic E-state index is -0.340. The molecule has 0 bridgehead atoms. The van der Waals surface area contributed by atoms with Crippen LogP contribution < -0.4 is 0 Å². The monoisotopic (exact) mass is 220 g/mol. The van der Waals surface area contributed by atoms with Crippen molar-refractivity contribution >= 4 is 17.5 Å². The molecular weight excluding hydrogens is 212 g/mol. The van der Waals surface area contributed by atoms with E-state index < -0.39 is 0 Å². The lowest BCUT2D eigenvalue weighted by atomic mass is 10.1. The minimum Gasteiger partial charge on any atom is -0.465 e. The smallest absolute Gasteiger partial charge is 0.337 e. The van der Waals surface area contributed by atoms with E-state index in [2.05, 4.69) is 14.1 Å². The lowest BCUT2D eigenvalue weighted by Gasteiger charge is -1.99. The molecule has 15 heavy (non-hydrogen) atoms. The van der Waals surface area contributed by atoms with Gasteiger partial charge in [0, 0.05) is 5.56 Å². The maximum atomic E-state index is 11.2. The summed E-state index contributed by atoms with van der Waals surface area (Å²) < 4.78 is 8.69. The van der Waals surface area contributed by atoms with Crippen molar-refractivity contribution in [3.05, 3.63) is 35.3 Å². The van der Waals surface area contributed by atoms with Crippen LogP contribution in [0.4, 0.5) is 0 Å². The SMILES string of the molecule is COC(=O)c1ccc(-c2ncsn2)cc1. The molecule has 1 aromatic heterocycles. The summed E-state index contributed by atoms with van der Waals surface area (Å²) in [6.07, 6.45) is 0. The molecule has 0 aliphatic heterocycles. The maximum absolute atomic E-state index is 11.2. The molecule has 0 spiro atoms. The van der Waals surface area contributed by atoms with Crippen LogP contribution in [0.2, 0.25) is 0 Å². The van der Waals surface area contributed by atoms with E-state index in [1.54, 1.807) is 29.8 Å². The van der Waals surface area contributed by atoms with Crippen LogP contribution in [0, 0.1) is 0 Å². The number of nitrogens with zero attached hydrogens (tertiary/aromatic N) is 2. The van der Waals surface area contributed by atoms with E-state index in [9.17, 15) is 4.79 Å². The average Bonchev–Trinajstić information content (AvgIpc) is 2.82. The molecule has 1 aromatic carbocycles. The number of rotatable bonds is 2. The second-order valence-corrected chi connectivity index (χ2v) is 3.43. The first-order valence-corrected chi connectivity index (χ1v) is 5.10. The molecule has 0 aliphatic carbocycles. The van der Waals surface area contributed by atoms with E-state index in [0.29, 0.717) is 11.4 Å². The van der Waals surface area contributed by atoms with Crippen LogP contribution in [0.15, 0.2) is 29.8 Å². The van der Waals surface area contributed by atoms with Crippen LogP contribution in [0.3, 0.4) is 0 Å². The Bertz CT molecular complexity index is 451. The molecule has 0 amide bonds. The zero-order valence-electron chi connectivity index (χ0n) is 8.01. The van der Waals surface area contributed by atoms with Crippen molar-refractivity contribution in [3.63, 3.8) is 0 Å². The number of benzene rings is 1. The van der Waals surface area contributed by atoms with Gasteiger partial charge in [0.05, 0.1) is 12.7 Å². The Morgan fingerprint density at radius 2 is 2.07 bits per heavy atom. The van der Waals surface area contributed by atoms with Crippen LogP contribution in [0.25, 0.3) is 11.4 Å². The third-order valence-corrected chi connectivity index (χ3v) is 2.40. The van der Waals surface area contributed by atoms with Gasteiger partial charge in [-0.3, -0.25) is 0 Å². The maximum Gasteiger partial charge on any atom is 0.337 e. The number of carbonyl (C=O) groups excluding carboxylic acids is 1. The molecular formula is C10H8N2O2S. The predicted octanol–water partition coefficient (Wildman–Crippen LogP) is 1.99. The van der Waals surface area contributed by atoms with Crippen molar-refractivity contribution in [1.82, 2.24) is 9.36 Å². The van der Waals surface area contributed by atoms with Crippen molar-refractivity contribution in [2.75, 3.05) is 7.11 Å². The molecule has 0 aliphatic rings. The van der Waals surface area contributed by atoms with Gasteiger partial charge in [0.15, 0.2) is 5.82 Å². The van der Waals surface area contributed by atoms with Crippen molar-refractivity contribution in [1.29, 1.82) is 0 Å². The van der Waals surface area contributed by atoms with Crippen molar-refractivity contribution in [2.45, 2.75) is 0 Å². The van der Waals surface area contributed by atoms with E-state index in [0.717, 1.165) is 5.56 Å². The van der Waals surface area contributed by atoms with E-state index in [-0.39, 0.29) is 5.97 Å². The summed E-state index contributed by atoms with van der Waals surface area (Å²) >= 11 is 1.30. The van der Waals surface area contributed by atoms with Gasteiger partial charge in [-0.2, -0.15) is 4.37 Å². The quantitative estimate of drug-likeness (QED) is 0.726. The first-order valence-electron chi connectivity index (χ1n) is 4.26. The third kappa shape index (κ3) is 2.02. The van der Waals surface area contributed by atoms with E-state index in [1.165, 1.54) is 18.6 Å². The van der Waals surface area contributed by atoms with Crippen LogP contribution in [-0.4, -0.2) is 22.4 Å². The van der Waals surface area contributed by atoms with Gasteiger partial charge in [-0.15, -0.1) is 0 Å². The molecule has 0 fully saturated rings. The molecule has 0 saturated carbocycles. The predicted molar refractivity (Wildman–Crippen MR) is 56.7 cm³/mol. The van der Waals surface area contributed by atoms with Crippen LogP contribution in [-0.2, 0) is 4.74 Å². The molecule has 0 atom stereocenters. The number of methoxy groups -OCH3 is 1. The summed E-state index contributed by atoms with van der Waals surface area (Å²) in [5, 5.41) is 0. The van der Waals surface area contributed by atoms with Gasteiger partial charge in [-0.05, 0) is 23.7 Å². The van der Waals surface area contributed by atoms with Gasteiger partial charge in [0.1, 0.15) is 5.51 Å². The number of ether oxygens (including phenoxy) is 1. The normalized spacial score (nSPS) is 9.93. The first-order chi connectivity index (χ1) is 7.31. The Hall–Kier alpha value is -1.75. The molecule has 0 radical (unpaired) electrons. The molecule has 5 heteroatoms. The summed E-state index contributed by atoms with van der Waals surface area (Å²) in [6.45, 7) is 0. The number of hydrogen-bond acceptors (Lipinski definition) is 5. The van der Waals surface area contributed by atoms with Crippen LogP contribution in [0.1, 0.15) is 10.4 Å². The van der Waals surface area contributed by atoms with Gasteiger partial charge in [-0.25, -0.2) is 9.78 Å². The highest BCUT2D eigenvalue weighted by Crippen LogP contribution is 2.16.